The molecule has 0 bridgehead atoms. The molecule has 0 radical (unpaired) electrons. The Kier molecular flexibility index (Phi) is 4.84. The number of hydrogen-bond donors (Lipinski definition) is 1. The maximum absolute atomic E-state index is 11.6. The van der Waals surface area contributed by atoms with Crippen LogP contribution in [0.5, 0.6) is 0 Å². The van der Waals surface area contributed by atoms with E-state index in [1.54, 1.807) is 17.1 Å². The molecule has 0 aromatic carbocycles. The lowest BCUT2D eigenvalue weighted by Crippen LogP contribution is -2.32. The van der Waals surface area contributed by atoms with Gasteiger partial charge >= 0.3 is 6.09 Å². The number of halogens is 1. The van der Waals surface area contributed by atoms with Crippen molar-refractivity contribution in [1.29, 1.82) is 0 Å². The van der Waals surface area contributed by atoms with E-state index in [2.05, 4.69) is 15.4 Å². The van der Waals surface area contributed by atoms with Gasteiger partial charge in [-0.2, -0.15) is 5.10 Å². The second-order valence-electron chi connectivity index (χ2n) is 5.48. The van der Waals surface area contributed by atoms with Crippen molar-refractivity contribution < 1.29 is 9.53 Å². The molecule has 0 aliphatic rings. The Hall–Kier alpha value is -1.60. The lowest BCUT2D eigenvalue weighted by molar-refractivity contribution is 0.0523. The molecule has 0 spiro atoms. The van der Waals surface area contributed by atoms with Crippen LogP contribution in [-0.4, -0.2) is 26.5 Å². The molecule has 2 aromatic heterocycles. The van der Waals surface area contributed by atoms with Crippen LogP contribution in [0.25, 0.3) is 0 Å². The van der Waals surface area contributed by atoms with Crippen LogP contribution in [0.4, 0.5) is 4.79 Å². The third-order valence-electron chi connectivity index (χ3n) is 2.37. The fourth-order valence-corrected chi connectivity index (χ4v) is 2.56. The number of carbonyl (C=O) groups is 1. The zero-order valence-electron chi connectivity index (χ0n) is 12.1. The highest BCUT2D eigenvalue weighted by Crippen LogP contribution is 2.18. The van der Waals surface area contributed by atoms with Crippen LogP contribution in [0.2, 0.25) is 4.47 Å². The van der Waals surface area contributed by atoms with Gasteiger partial charge in [-0.25, -0.2) is 9.78 Å². The molecule has 114 valence electrons. The highest BCUT2D eigenvalue weighted by molar-refractivity contribution is 7.15. The van der Waals surface area contributed by atoms with Gasteiger partial charge in [0.1, 0.15) is 5.60 Å². The summed E-state index contributed by atoms with van der Waals surface area (Å²) in [6.45, 7) is 6.45. The number of rotatable bonds is 4. The van der Waals surface area contributed by atoms with Crippen molar-refractivity contribution in [2.75, 3.05) is 0 Å². The molecule has 6 nitrogen and oxygen atoms in total. The summed E-state index contributed by atoms with van der Waals surface area (Å²) in [7, 11) is 0. The van der Waals surface area contributed by atoms with Crippen molar-refractivity contribution in [3.8, 4) is 0 Å². The van der Waals surface area contributed by atoms with Crippen LogP contribution in [0.15, 0.2) is 18.6 Å². The number of alkyl carbamates (subject to hydrolysis) is 1. The SMILES string of the molecule is CC(C)(C)OC(=O)NCc1cnn(Cc2cnc(Cl)s2)c1. The lowest BCUT2D eigenvalue weighted by atomic mass is 10.2. The molecule has 0 saturated carbocycles. The van der Waals surface area contributed by atoms with Crippen molar-refractivity contribution in [1.82, 2.24) is 20.1 Å². The third kappa shape index (κ3) is 5.35. The average Bonchev–Trinajstić information content (AvgIpc) is 2.95. The summed E-state index contributed by atoms with van der Waals surface area (Å²) in [5.41, 5.74) is 0.399. The minimum absolute atomic E-state index is 0.373. The van der Waals surface area contributed by atoms with Crippen LogP contribution in [0, 0.1) is 0 Å². The van der Waals surface area contributed by atoms with Gasteiger partial charge in [0, 0.05) is 29.4 Å². The van der Waals surface area contributed by atoms with E-state index < -0.39 is 11.7 Å². The molecule has 1 amide bonds. The number of thiazole rings is 1. The summed E-state index contributed by atoms with van der Waals surface area (Å²) >= 11 is 7.21. The minimum atomic E-state index is -0.500. The number of hydrogen-bond acceptors (Lipinski definition) is 5. The molecule has 1 N–H and O–H groups in total. The first kappa shape index (κ1) is 15.8. The zero-order chi connectivity index (χ0) is 15.5. The number of aromatic nitrogens is 3. The fraction of sp³-hybridized carbons (Fsp3) is 0.462. The Morgan fingerprint density at radius 3 is 2.86 bits per heavy atom. The maximum atomic E-state index is 11.6. The molecule has 0 saturated heterocycles. The Bertz CT molecular complexity index is 618. The van der Waals surface area contributed by atoms with E-state index in [-0.39, 0.29) is 0 Å². The van der Waals surface area contributed by atoms with Crippen molar-refractivity contribution in [2.45, 2.75) is 39.5 Å². The van der Waals surface area contributed by atoms with Gasteiger partial charge in [-0.1, -0.05) is 11.6 Å². The van der Waals surface area contributed by atoms with E-state index in [4.69, 9.17) is 16.3 Å². The summed E-state index contributed by atoms with van der Waals surface area (Å²) in [5.74, 6) is 0. The summed E-state index contributed by atoms with van der Waals surface area (Å²) < 4.78 is 7.46. The van der Waals surface area contributed by atoms with E-state index in [0.29, 0.717) is 17.6 Å². The van der Waals surface area contributed by atoms with E-state index in [9.17, 15) is 4.79 Å². The highest BCUT2D eigenvalue weighted by Gasteiger charge is 2.15. The second kappa shape index (κ2) is 6.44. The van der Waals surface area contributed by atoms with Gasteiger partial charge in [0.25, 0.3) is 0 Å². The predicted octanol–water partition coefficient (Wildman–Crippen LogP) is 3.07. The summed E-state index contributed by atoms with van der Waals surface area (Å²) in [4.78, 5) is 16.6. The zero-order valence-corrected chi connectivity index (χ0v) is 13.7. The molecule has 0 fully saturated rings. The highest BCUT2D eigenvalue weighted by atomic mass is 35.5. The number of carbonyl (C=O) groups excluding carboxylic acids is 1. The van der Waals surface area contributed by atoms with Crippen LogP contribution in [0.3, 0.4) is 0 Å². The van der Waals surface area contributed by atoms with Gasteiger partial charge < -0.3 is 10.1 Å². The standard InChI is InChI=1S/C13H17ClN4O2S/c1-13(2,3)20-12(19)16-4-9-5-17-18(7-9)8-10-6-15-11(14)21-10/h5-7H,4,8H2,1-3H3,(H,16,19). The van der Waals surface area contributed by atoms with E-state index in [0.717, 1.165) is 10.4 Å². The van der Waals surface area contributed by atoms with Gasteiger partial charge in [-0.3, -0.25) is 4.68 Å². The third-order valence-corrected chi connectivity index (χ3v) is 3.47. The molecule has 2 rings (SSSR count). The fourth-order valence-electron chi connectivity index (χ4n) is 1.59. The van der Waals surface area contributed by atoms with Crippen molar-refractivity contribution >= 4 is 29.0 Å². The number of amides is 1. The Labute approximate surface area is 132 Å². The van der Waals surface area contributed by atoms with Gasteiger partial charge in [-0.05, 0) is 20.8 Å². The predicted molar refractivity (Wildman–Crippen MR) is 81.5 cm³/mol. The molecule has 8 heteroatoms. The molecule has 0 unspecified atom stereocenters. The Balaban J connectivity index is 1.84. The molecule has 0 atom stereocenters. The minimum Gasteiger partial charge on any atom is -0.444 e. The largest absolute Gasteiger partial charge is 0.444 e. The molecule has 21 heavy (non-hydrogen) atoms. The monoisotopic (exact) mass is 328 g/mol. The van der Waals surface area contributed by atoms with Crippen LogP contribution in [-0.2, 0) is 17.8 Å². The average molecular weight is 329 g/mol. The first-order valence-electron chi connectivity index (χ1n) is 6.40. The van der Waals surface area contributed by atoms with Crippen LogP contribution >= 0.6 is 22.9 Å². The summed E-state index contributed by atoms with van der Waals surface area (Å²) in [6, 6.07) is 0. The Morgan fingerprint density at radius 2 is 2.24 bits per heavy atom. The number of nitrogens with one attached hydrogen (secondary N) is 1. The molecular formula is C13H17ClN4O2S. The lowest BCUT2D eigenvalue weighted by Gasteiger charge is -2.19. The summed E-state index contributed by atoms with van der Waals surface area (Å²) in [5, 5.41) is 6.93. The van der Waals surface area contributed by atoms with E-state index in [1.807, 2.05) is 27.0 Å². The maximum Gasteiger partial charge on any atom is 0.407 e. The summed E-state index contributed by atoms with van der Waals surface area (Å²) in [6.07, 6.45) is 4.86. The topological polar surface area (TPSA) is 69.0 Å². The quantitative estimate of drug-likeness (QED) is 0.936. The van der Waals surface area contributed by atoms with E-state index >= 15 is 0 Å². The van der Waals surface area contributed by atoms with E-state index in [1.165, 1.54) is 11.3 Å². The molecule has 0 aliphatic heterocycles. The molecule has 2 heterocycles. The molecular weight excluding hydrogens is 312 g/mol. The Morgan fingerprint density at radius 1 is 1.48 bits per heavy atom. The van der Waals surface area contributed by atoms with Gasteiger partial charge in [-0.15, -0.1) is 11.3 Å². The van der Waals surface area contributed by atoms with Crippen LogP contribution in [0.1, 0.15) is 31.2 Å². The molecule has 0 aliphatic carbocycles. The van der Waals surface area contributed by atoms with Crippen molar-refractivity contribution in [2.24, 2.45) is 0 Å². The number of ether oxygens (including phenoxy) is 1. The first-order valence-corrected chi connectivity index (χ1v) is 7.60. The van der Waals surface area contributed by atoms with Gasteiger partial charge in [0.15, 0.2) is 4.47 Å². The van der Waals surface area contributed by atoms with Crippen molar-refractivity contribution in [3.05, 3.63) is 33.5 Å². The normalized spacial score (nSPS) is 11.4. The second-order valence-corrected chi connectivity index (χ2v) is 7.18. The molecule has 2 aromatic rings. The smallest absolute Gasteiger partial charge is 0.407 e. The first-order chi connectivity index (χ1) is 9.82. The van der Waals surface area contributed by atoms with Crippen molar-refractivity contribution in [3.63, 3.8) is 0 Å². The van der Waals surface area contributed by atoms with Crippen LogP contribution < -0.4 is 5.32 Å². The van der Waals surface area contributed by atoms with Gasteiger partial charge in [0.2, 0.25) is 0 Å². The number of nitrogens with zero attached hydrogens (tertiary/aromatic N) is 3. The van der Waals surface area contributed by atoms with Gasteiger partial charge in [0.05, 0.1) is 12.7 Å².